The summed E-state index contributed by atoms with van der Waals surface area (Å²) >= 11 is 5.82. The maximum atomic E-state index is 13.7. The van der Waals surface area contributed by atoms with E-state index in [9.17, 15) is 18.8 Å². The fourth-order valence-corrected chi connectivity index (χ4v) is 2.40. The molecular formula is C15H8ClFN2O3. The highest BCUT2D eigenvalue weighted by molar-refractivity contribution is 6.34. The summed E-state index contributed by atoms with van der Waals surface area (Å²) in [5.74, 6) is -2.53. The average molecular weight is 319 g/mol. The molecule has 2 aromatic carbocycles. The first-order chi connectivity index (χ1) is 10.5. The second-order valence-corrected chi connectivity index (χ2v) is 5.00. The molecule has 0 fully saturated rings. The van der Waals surface area contributed by atoms with E-state index >= 15 is 0 Å². The van der Waals surface area contributed by atoms with E-state index in [0.29, 0.717) is 0 Å². The van der Waals surface area contributed by atoms with Crippen LogP contribution in [0, 0.1) is 5.82 Å². The predicted molar refractivity (Wildman–Crippen MR) is 77.6 cm³/mol. The number of rotatable bonds is 2. The third-order valence-corrected chi connectivity index (χ3v) is 3.50. The molecule has 0 bridgehead atoms. The van der Waals surface area contributed by atoms with E-state index in [1.165, 1.54) is 30.3 Å². The Morgan fingerprint density at radius 2 is 1.82 bits per heavy atom. The van der Waals surface area contributed by atoms with Crippen molar-refractivity contribution in [2.75, 3.05) is 5.32 Å². The zero-order valence-corrected chi connectivity index (χ0v) is 11.7. The van der Waals surface area contributed by atoms with E-state index in [1.54, 1.807) is 0 Å². The lowest BCUT2D eigenvalue weighted by atomic mass is 10.1. The number of benzene rings is 2. The highest BCUT2D eigenvalue weighted by atomic mass is 35.5. The molecule has 1 heterocycles. The van der Waals surface area contributed by atoms with Crippen molar-refractivity contribution in [3.63, 3.8) is 0 Å². The van der Waals surface area contributed by atoms with Gasteiger partial charge in [0.1, 0.15) is 5.82 Å². The van der Waals surface area contributed by atoms with Crippen LogP contribution in [-0.4, -0.2) is 17.7 Å². The van der Waals surface area contributed by atoms with Gasteiger partial charge in [0.05, 0.1) is 21.7 Å². The summed E-state index contributed by atoms with van der Waals surface area (Å²) in [4.78, 5) is 35.1. The molecule has 110 valence electrons. The number of imide groups is 1. The van der Waals surface area contributed by atoms with Crippen LogP contribution in [0.5, 0.6) is 0 Å². The van der Waals surface area contributed by atoms with E-state index in [-0.39, 0.29) is 27.4 Å². The minimum atomic E-state index is -0.751. The van der Waals surface area contributed by atoms with E-state index in [0.717, 1.165) is 6.07 Å². The standard InChI is InChI=1S/C15H8ClFN2O3/c16-10-2-1-3-11(17)12(10)15(22)18-7-4-5-8-9(6-7)14(21)19-13(8)20/h1-6H,(H,18,22)(H,19,20,21). The maximum Gasteiger partial charge on any atom is 0.260 e. The topological polar surface area (TPSA) is 75.3 Å². The molecule has 3 rings (SSSR count). The van der Waals surface area contributed by atoms with Crippen LogP contribution < -0.4 is 10.6 Å². The molecule has 2 aromatic rings. The molecule has 0 radical (unpaired) electrons. The van der Waals surface area contributed by atoms with Gasteiger partial charge in [0.15, 0.2) is 0 Å². The Bertz CT molecular complexity index is 815. The van der Waals surface area contributed by atoms with Crippen LogP contribution >= 0.6 is 11.6 Å². The molecule has 5 nitrogen and oxygen atoms in total. The van der Waals surface area contributed by atoms with Crippen molar-refractivity contribution in [2.24, 2.45) is 0 Å². The van der Waals surface area contributed by atoms with E-state index < -0.39 is 23.5 Å². The van der Waals surface area contributed by atoms with Crippen molar-refractivity contribution >= 4 is 35.0 Å². The Balaban J connectivity index is 1.91. The van der Waals surface area contributed by atoms with Gasteiger partial charge in [0.2, 0.25) is 0 Å². The second kappa shape index (κ2) is 5.23. The Kier molecular flexibility index (Phi) is 3.38. The molecular weight excluding hydrogens is 311 g/mol. The Hall–Kier alpha value is -2.73. The van der Waals surface area contributed by atoms with Gasteiger partial charge in [-0.2, -0.15) is 0 Å². The molecule has 1 aliphatic rings. The van der Waals surface area contributed by atoms with Gasteiger partial charge in [0, 0.05) is 5.69 Å². The molecule has 3 amide bonds. The largest absolute Gasteiger partial charge is 0.322 e. The minimum absolute atomic E-state index is 0.0217. The van der Waals surface area contributed by atoms with Crippen molar-refractivity contribution in [1.82, 2.24) is 5.32 Å². The van der Waals surface area contributed by atoms with Gasteiger partial charge in [-0.25, -0.2) is 4.39 Å². The Labute approximate surface area is 129 Å². The van der Waals surface area contributed by atoms with Gasteiger partial charge >= 0.3 is 0 Å². The van der Waals surface area contributed by atoms with Crippen molar-refractivity contribution < 1.29 is 18.8 Å². The Morgan fingerprint density at radius 1 is 1.09 bits per heavy atom. The van der Waals surface area contributed by atoms with Gasteiger partial charge in [-0.05, 0) is 30.3 Å². The van der Waals surface area contributed by atoms with Crippen molar-refractivity contribution in [2.45, 2.75) is 0 Å². The molecule has 1 aliphatic heterocycles. The lowest BCUT2D eigenvalue weighted by Crippen LogP contribution is -2.19. The van der Waals surface area contributed by atoms with Gasteiger partial charge < -0.3 is 5.32 Å². The molecule has 0 saturated carbocycles. The van der Waals surface area contributed by atoms with Crippen LogP contribution in [0.4, 0.5) is 10.1 Å². The number of fused-ring (bicyclic) bond motifs is 1. The molecule has 2 N–H and O–H groups in total. The first kappa shape index (κ1) is 14.2. The summed E-state index contributed by atoms with van der Waals surface area (Å²) in [6.07, 6.45) is 0. The Morgan fingerprint density at radius 3 is 2.55 bits per heavy atom. The fourth-order valence-electron chi connectivity index (χ4n) is 2.15. The van der Waals surface area contributed by atoms with Crippen LogP contribution in [-0.2, 0) is 0 Å². The van der Waals surface area contributed by atoms with Gasteiger partial charge in [-0.1, -0.05) is 17.7 Å². The summed E-state index contributed by atoms with van der Waals surface area (Å²) < 4.78 is 13.7. The predicted octanol–water partition coefficient (Wildman–Crippen LogP) is 2.62. The van der Waals surface area contributed by atoms with Crippen LogP contribution in [0.2, 0.25) is 5.02 Å². The van der Waals surface area contributed by atoms with Crippen molar-refractivity contribution in [3.05, 3.63) is 63.9 Å². The highest BCUT2D eigenvalue weighted by Gasteiger charge is 2.27. The highest BCUT2D eigenvalue weighted by Crippen LogP contribution is 2.23. The number of nitrogens with one attached hydrogen (secondary N) is 2. The number of carbonyl (C=O) groups excluding carboxylic acids is 3. The molecule has 0 atom stereocenters. The summed E-state index contributed by atoms with van der Waals surface area (Å²) in [5.41, 5.74) is 0.354. The number of amides is 3. The monoisotopic (exact) mass is 318 g/mol. The lowest BCUT2D eigenvalue weighted by Gasteiger charge is -2.08. The van der Waals surface area contributed by atoms with E-state index in [2.05, 4.69) is 10.6 Å². The lowest BCUT2D eigenvalue weighted by molar-refractivity contribution is 0.0878. The summed E-state index contributed by atoms with van der Waals surface area (Å²) in [6, 6.07) is 8.11. The number of halogens is 2. The first-order valence-corrected chi connectivity index (χ1v) is 6.60. The summed E-state index contributed by atoms with van der Waals surface area (Å²) in [7, 11) is 0. The average Bonchev–Trinajstić information content (AvgIpc) is 2.73. The zero-order valence-electron chi connectivity index (χ0n) is 10.9. The normalized spacial score (nSPS) is 12.8. The zero-order chi connectivity index (χ0) is 15.9. The third-order valence-electron chi connectivity index (χ3n) is 3.18. The minimum Gasteiger partial charge on any atom is -0.322 e. The quantitative estimate of drug-likeness (QED) is 0.836. The summed E-state index contributed by atoms with van der Waals surface area (Å²) in [5, 5.41) is 4.57. The SMILES string of the molecule is O=C1NC(=O)c2cc(NC(=O)c3c(F)cccc3Cl)ccc21. The number of hydrogen-bond donors (Lipinski definition) is 2. The molecule has 0 unspecified atom stereocenters. The van der Waals surface area contributed by atoms with Crippen molar-refractivity contribution in [1.29, 1.82) is 0 Å². The van der Waals surface area contributed by atoms with Crippen molar-refractivity contribution in [3.8, 4) is 0 Å². The van der Waals surface area contributed by atoms with Gasteiger partial charge in [0.25, 0.3) is 17.7 Å². The van der Waals surface area contributed by atoms with E-state index in [1.807, 2.05) is 0 Å². The third kappa shape index (κ3) is 2.33. The smallest absolute Gasteiger partial charge is 0.260 e. The number of carbonyl (C=O) groups is 3. The molecule has 0 aromatic heterocycles. The maximum absolute atomic E-state index is 13.7. The molecule has 0 spiro atoms. The van der Waals surface area contributed by atoms with Crippen LogP contribution in [0.25, 0.3) is 0 Å². The molecule has 0 saturated heterocycles. The summed E-state index contributed by atoms with van der Waals surface area (Å²) in [6.45, 7) is 0. The number of hydrogen-bond acceptors (Lipinski definition) is 3. The second-order valence-electron chi connectivity index (χ2n) is 4.59. The molecule has 22 heavy (non-hydrogen) atoms. The molecule has 7 heteroatoms. The first-order valence-electron chi connectivity index (χ1n) is 6.22. The van der Waals surface area contributed by atoms with Crippen LogP contribution in [0.3, 0.4) is 0 Å². The van der Waals surface area contributed by atoms with Gasteiger partial charge in [-0.15, -0.1) is 0 Å². The van der Waals surface area contributed by atoms with Crippen LogP contribution in [0.15, 0.2) is 36.4 Å². The van der Waals surface area contributed by atoms with Crippen LogP contribution in [0.1, 0.15) is 31.1 Å². The van der Waals surface area contributed by atoms with E-state index in [4.69, 9.17) is 11.6 Å². The fraction of sp³-hybridized carbons (Fsp3) is 0. The van der Waals surface area contributed by atoms with Gasteiger partial charge in [-0.3, -0.25) is 19.7 Å². The molecule has 0 aliphatic carbocycles. The number of anilines is 1.